The quantitative estimate of drug-likeness (QED) is 0.672. The average molecular weight is 213 g/mol. The van der Waals surface area contributed by atoms with Gasteiger partial charge in [-0.25, -0.2) is 0 Å². The summed E-state index contributed by atoms with van der Waals surface area (Å²) in [5.41, 5.74) is 1.35. The Labute approximate surface area is 94.0 Å². The van der Waals surface area contributed by atoms with Crippen molar-refractivity contribution in [2.75, 3.05) is 0 Å². The highest BCUT2D eigenvalue weighted by Crippen LogP contribution is 2.34. The van der Waals surface area contributed by atoms with Gasteiger partial charge in [0.1, 0.15) is 17.6 Å². The van der Waals surface area contributed by atoms with Crippen LogP contribution in [0, 0.1) is 11.3 Å². The minimum atomic E-state index is -0.636. The molecule has 0 aromatic heterocycles. The van der Waals surface area contributed by atoms with Gasteiger partial charge in [-0.1, -0.05) is 0 Å². The van der Waals surface area contributed by atoms with Crippen LogP contribution in [0.3, 0.4) is 0 Å². The molecule has 0 N–H and O–H groups in total. The van der Waals surface area contributed by atoms with Gasteiger partial charge in [0, 0.05) is 11.1 Å². The molecule has 80 valence electrons. The summed E-state index contributed by atoms with van der Waals surface area (Å²) >= 11 is 0. The fourth-order valence-electron chi connectivity index (χ4n) is 1.66. The number of ether oxygens (including phenoxy) is 1. The first kappa shape index (κ1) is 10.4. The van der Waals surface area contributed by atoms with E-state index in [2.05, 4.69) is 6.07 Å². The third kappa shape index (κ3) is 1.59. The number of fused-ring (bicyclic) bond motifs is 1. The Morgan fingerprint density at radius 3 is 2.81 bits per heavy atom. The number of hydrogen-bond donors (Lipinski definition) is 0. The van der Waals surface area contributed by atoms with Crippen molar-refractivity contribution in [2.45, 2.75) is 19.4 Å². The molecule has 3 heteroatoms. The van der Waals surface area contributed by atoms with Gasteiger partial charge < -0.3 is 4.74 Å². The molecule has 0 bridgehead atoms. The number of nitriles is 1. The number of aldehydes is 1. The molecule has 0 amide bonds. The second-order valence-electron chi connectivity index (χ2n) is 4.19. The van der Waals surface area contributed by atoms with E-state index in [0.717, 1.165) is 11.8 Å². The number of rotatable bonds is 1. The third-order valence-corrected chi connectivity index (χ3v) is 2.64. The molecule has 0 atom stereocenters. The standard InChI is InChI=1S/C13H11NO2/c1-13(2)11(8-15)6-10-4-3-9(7-14)5-12(10)16-13/h3-6,8H,1-2H3. The molecule has 0 saturated carbocycles. The van der Waals surface area contributed by atoms with Crippen LogP contribution >= 0.6 is 0 Å². The molecule has 1 heterocycles. The van der Waals surface area contributed by atoms with Crippen LogP contribution in [0.2, 0.25) is 0 Å². The first-order valence-corrected chi connectivity index (χ1v) is 4.97. The molecule has 0 fully saturated rings. The zero-order valence-electron chi connectivity index (χ0n) is 9.15. The van der Waals surface area contributed by atoms with Gasteiger partial charge in [0.25, 0.3) is 0 Å². The zero-order chi connectivity index (χ0) is 11.8. The predicted molar refractivity (Wildman–Crippen MR) is 59.9 cm³/mol. The first-order chi connectivity index (χ1) is 7.56. The summed E-state index contributed by atoms with van der Waals surface area (Å²) in [4.78, 5) is 10.9. The molecule has 0 radical (unpaired) electrons. The van der Waals surface area contributed by atoms with E-state index in [1.807, 2.05) is 13.8 Å². The smallest absolute Gasteiger partial charge is 0.150 e. The lowest BCUT2D eigenvalue weighted by molar-refractivity contribution is -0.106. The van der Waals surface area contributed by atoms with E-state index in [4.69, 9.17) is 10.00 Å². The lowest BCUT2D eigenvalue weighted by atomic mass is 9.93. The van der Waals surface area contributed by atoms with Crippen LogP contribution in [-0.2, 0) is 4.79 Å². The number of carbonyl (C=O) groups is 1. The van der Waals surface area contributed by atoms with E-state index in [1.165, 1.54) is 0 Å². The van der Waals surface area contributed by atoms with Crippen LogP contribution in [0.4, 0.5) is 0 Å². The molecule has 16 heavy (non-hydrogen) atoms. The van der Waals surface area contributed by atoms with Crippen LogP contribution in [0.25, 0.3) is 6.08 Å². The van der Waals surface area contributed by atoms with E-state index in [9.17, 15) is 4.79 Å². The maximum atomic E-state index is 10.9. The van der Waals surface area contributed by atoms with Crippen molar-refractivity contribution in [2.24, 2.45) is 0 Å². The van der Waals surface area contributed by atoms with Gasteiger partial charge >= 0.3 is 0 Å². The summed E-state index contributed by atoms with van der Waals surface area (Å²) in [6.07, 6.45) is 2.61. The van der Waals surface area contributed by atoms with E-state index in [-0.39, 0.29) is 0 Å². The van der Waals surface area contributed by atoms with Crippen molar-refractivity contribution in [3.05, 3.63) is 34.9 Å². The molecule has 0 unspecified atom stereocenters. The number of carbonyl (C=O) groups excluding carboxylic acids is 1. The minimum Gasteiger partial charge on any atom is -0.482 e. The van der Waals surface area contributed by atoms with Crippen molar-refractivity contribution in [1.82, 2.24) is 0 Å². The Hall–Kier alpha value is -2.08. The van der Waals surface area contributed by atoms with Crippen LogP contribution in [-0.4, -0.2) is 11.9 Å². The molecule has 1 aliphatic heterocycles. The fraction of sp³-hybridized carbons (Fsp3) is 0.231. The van der Waals surface area contributed by atoms with Gasteiger partial charge in [-0.05, 0) is 38.1 Å². The molecule has 1 aliphatic rings. The second-order valence-corrected chi connectivity index (χ2v) is 4.19. The summed E-state index contributed by atoms with van der Waals surface area (Å²) in [7, 11) is 0. The molecule has 0 saturated heterocycles. The van der Waals surface area contributed by atoms with Crippen LogP contribution in [0.1, 0.15) is 25.0 Å². The molecular formula is C13H11NO2. The van der Waals surface area contributed by atoms with Crippen molar-refractivity contribution in [3.63, 3.8) is 0 Å². The molecule has 1 aromatic carbocycles. The van der Waals surface area contributed by atoms with E-state index in [0.29, 0.717) is 16.9 Å². The lowest BCUT2D eigenvalue weighted by Crippen LogP contribution is -2.33. The van der Waals surface area contributed by atoms with Crippen LogP contribution < -0.4 is 4.74 Å². The van der Waals surface area contributed by atoms with Crippen LogP contribution in [0.5, 0.6) is 5.75 Å². The maximum absolute atomic E-state index is 10.9. The largest absolute Gasteiger partial charge is 0.482 e. The molecular weight excluding hydrogens is 202 g/mol. The number of nitrogens with zero attached hydrogens (tertiary/aromatic N) is 1. The highest BCUT2D eigenvalue weighted by molar-refractivity contribution is 5.86. The Balaban J connectivity index is 2.57. The normalized spacial score (nSPS) is 16.4. The van der Waals surface area contributed by atoms with Gasteiger partial charge in [0.2, 0.25) is 0 Å². The minimum absolute atomic E-state index is 0.553. The molecule has 0 spiro atoms. The molecule has 2 rings (SSSR count). The third-order valence-electron chi connectivity index (χ3n) is 2.64. The summed E-state index contributed by atoms with van der Waals surface area (Å²) in [6.45, 7) is 3.66. The van der Waals surface area contributed by atoms with Crippen molar-refractivity contribution >= 4 is 12.4 Å². The van der Waals surface area contributed by atoms with E-state index >= 15 is 0 Å². The molecule has 0 aliphatic carbocycles. The summed E-state index contributed by atoms with van der Waals surface area (Å²) in [5.74, 6) is 0.648. The highest BCUT2D eigenvalue weighted by atomic mass is 16.5. The predicted octanol–water partition coefficient (Wildman–Crippen LogP) is 2.31. The van der Waals surface area contributed by atoms with E-state index in [1.54, 1.807) is 24.3 Å². The van der Waals surface area contributed by atoms with Gasteiger partial charge in [-0.2, -0.15) is 5.26 Å². The van der Waals surface area contributed by atoms with E-state index < -0.39 is 5.60 Å². The van der Waals surface area contributed by atoms with Crippen molar-refractivity contribution < 1.29 is 9.53 Å². The van der Waals surface area contributed by atoms with Crippen molar-refractivity contribution in [3.8, 4) is 11.8 Å². The second kappa shape index (κ2) is 3.49. The average Bonchev–Trinajstić information content (AvgIpc) is 2.26. The number of hydrogen-bond acceptors (Lipinski definition) is 3. The van der Waals surface area contributed by atoms with Gasteiger partial charge in [-0.15, -0.1) is 0 Å². The topological polar surface area (TPSA) is 50.1 Å². The summed E-state index contributed by atoms with van der Waals surface area (Å²) < 4.78 is 5.71. The SMILES string of the molecule is CC1(C)Oc2cc(C#N)ccc2C=C1C=O. The Kier molecular flexibility index (Phi) is 2.28. The Morgan fingerprint density at radius 2 is 2.19 bits per heavy atom. The van der Waals surface area contributed by atoms with Gasteiger partial charge in [0.05, 0.1) is 11.6 Å². The first-order valence-electron chi connectivity index (χ1n) is 4.97. The maximum Gasteiger partial charge on any atom is 0.150 e. The summed E-state index contributed by atoms with van der Waals surface area (Å²) in [6, 6.07) is 7.24. The zero-order valence-corrected chi connectivity index (χ0v) is 9.15. The van der Waals surface area contributed by atoms with Crippen LogP contribution in [0.15, 0.2) is 23.8 Å². The van der Waals surface area contributed by atoms with Gasteiger partial charge in [0.15, 0.2) is 0 Å². The van der Waals surface area contributed by atoms with Crippen molar-refractivity contribution in [1.29, 1.82) is 5.26 Å². The summed E-state index contributed by atoms with van der Waals surface area (Å²) in [5, 5.41) is 8.79. The Bertz CT molecular complexity index is 521. The molecule has 3 nitrogen and oxygen atoms in total. The molecule has 1 aromatic rings. The van der Waals surface area contributed by atoms with Gasteiger partial charge in [-0.3, -0.25) is 4.79 Å². The fourth-order valence-corrected chi connectivity index (χ4v) is 1.66. The monoisotopic (exact) mass is 213 g/mol. The lowest BCUT2D eigenvalue weighted by Gasteiger charge is -2.31. The number of benzene rings is 1. The highest BCUT2D eigenvalue weighted by Gasteiger charge is 2.29. The Morgan fingerprint density at radius 1 is 1.44 bits per heavy atom.